The van der Waals surface area contributed by atoms with E-state index in [4.69, 9.17) is 4.42 Å². The van der Waals surface area contributed by atoms with Crippen molar-refractivity contribution in [3.05, 3.63) is 42.6 Å². The van der Waals surface area contributed by atoms with E-state index in [-0.39, 0.29) is 5.91 Å². The van der Waals surface area contributed by atoms with E-state index < -0.39 is 0 Å². The van der Waals surface area contributed by atoms with Crippen LogP contribution in [0.3, 0.4) is 0 Å². The molecule has 1 aliphatic heterocycles. The van der Waals surface area contributed by atoms with E-state index in [1.165, 1.54) is 0 Å². The highest BCUT2D eigenvalue weighted by Gasteiger charge is 2.21. The molecule has 0 unspecified atom stereocenters. The van der Waals surface area contributed by atoms with Crippen LogP contribution in [0.2, 0.25) is 0 Å². The number of furan rings is 1. The number of piperazine rings is 1. The first-order valence-electron chi connectivity index (χ1n) is 6.81. The molecule has 1 fully saturated rings. The quantitative estimate of drug-likeness (QED) is 0.828. The fourth-order valence-electron chi connectivity index (χ4n) is 2.41. The number of hydrogen-bond acceptors (Lipinski definition) is 4. The maximum atomic E-state index is 12.1. The standard InChI is InChI=1S/C14H18N4O2/c19-14(12-18-5-2-4-15-18)17-8-6-16(7-9-17)11-13-3-1-10-20-13/h1-5,10H,6-9,11-12H2. The molecule has 3 rings (SSSR count). The molecule has 6 nitrogen and oxygen atoms in total. The van der Waals surface area contributed by atoms with Crippen molar-refractivity contribution in [2.75, 3.05) is 26.2 Å². The summed E-state index contributed by atoms with van der Waals surface area (Å²) in [5.74, 6) is 1.10. The molecule has 106 valence electrons. The number of hydrogen-bond donors (Lipinski definition) is 0. The Kier molecular flexibility index (Phi) is 3.83. The zero-order valence-corrected chi connectivity index (χ0v) is 11.3. The van der Waals surface area contributed by atoms with Gasteiger partial charge in [0.1, 0.15) is 12.3 Å². The predicted octanol–water partition coefficient (Wildman–Crippen LogP) is 0.820. The lowest BCUT2D eigenvalue weighted by molar-refractivity contribution is -0.133. The third-order valence-corrected chi connectivity index (χ3v) is 3.54. The molecule has 0 N–H and O–H groups in total. The Hall–Kier alpha value is -2.08. The number of carbonyl (C=O) groups is 1. The Morgan fingerprint density at radius 1 is 1.25 bits per heavy atom. The Labute approximate surface area is 117 Å². The molecule has 0 spiro atoms. The molecule has 1 saturated heterocycles. The highest BCUT2D eigenvalue weighted by Crippen LogP contribution is 2.09. The number of carbonyl (C=O) groups excluding carboxylic acids is 1. The van der Waals surface area contributed by atoms with Crippen molar-refractivity contribution >= 4 is 5.91 Å². The minimum atomic E-state index is 0.131. The molecule has 0 atom stereocenters. The van der Waals surface area contributed by atoms with Gasteiger partial charge in [0, 0.05) is 38.6 Å². The zero-order valence-electron chi connectivity index (χ0n) is 11.3. The lowest BCUT2D eigenvalue weighted by atomic mass is 10.3. The van der Waals surface area contributed by atoms with Crippen molar-refractivity contribution in [1.29, 1.82) is 0 Å². The molecule has 0 aliphatic carbocycles. The molecule has 0 radical (unpaired) electrons. The van der Waals surface area contributed by atoms with Gasteiger partial charge in [-0.1, -0.05) is 0 Å². The summed E-state index contributed by atoms with van der Waals surface area (Å²) in [7, 11) is 0. The molecule has 0 aromatic carbocycles. The second-order valence-corrected chi connectivity index (χ2v) is 4.94. The summed E-state index contributed by atoms with van der Waals surface area (Å²) in [6.45, 7) is 4.43. The van der Waals surface area contributed by atoms with Gasteiger partial charge >= 0.3 is 0 Å². The van der Waals surface area contributed by atoms with Crippen LogP contribution >= 0.6 is 0 Å². The largest absolute Gasteiger partial charge is 0.468 e. The maximum absolute atomic E-state index is 12.1. The normalized spacial score (nSPS) is 16.5. The molecule has 1 amide bonds. The molecule has 1 aliphatic rings. The number of amides is 1. The van der Waals surface area contributed by atoms with Gasteiger partial charge in [0.25, 0.3) is 0 Å². The van der Waals surface area contributed by atoms with Crippen molar-refractivity contribution in [3.63, 3.8) is 0 Å². The monoisotopic (exact) mass is 274 g/mol. The van der Waals surface area contributed by atoms with E-state index in [2.05, 4.69) is 10.00 Å². The lowest BCUT2D eigenvalue weighted by Gasteiger charge is -2.34. The number of nitrogens with zero attached hydrogens (tertiary/aromatic N) is 4. The first-order valence-corrected chi connectivity index (χ1v) is 6.81. The van der Waals surface area contributed by atoms with Crippen LogP contribution in [0.15, 0.2) is 41.3 Å². The second kappa shape index (κ2) is 5.92. The molecular formula is C14H18N4O2. The Bertz CT molecular complexity index is 528. The predicted molar refractivity (Wildman–Crippen MR) is 72.8 cm³/mol. The third kappa shape index (κ3) is 3.08. The van der Waals surface area contributed by atoms with E-state index in [0.717, 1.165) is 38.5 Å². The number of rotatable bonds is 4. The van der Waals surface area contributed by atoms with Gasteiger partial charge < -0.3 is 9.32 Å². The van der Waals surface area contributed by atoms with Gasteiger partial charge in [-0.05, 0) is 18.2 Å². The van der Waals surface area contributed by atoms with Crippen LogP contribution in [-0.4, -0.2) is 51.7 Å². The maximum Gasteiger partial charge on any atom is 0.244 e. The van der Waals surface area contributed by atoms with Crippen LogP contribution in [0.25, 0.3) is 0 Å². The van der Waals surface area contributed by atoms with Crippen LogP contribution in [0.5, 0.6) is 0 Å². The van der Waals surface area contributed by atoms with Crippen LogP contribution in [0, 0.1) is 0 Å². The highest BCUT2D eigenvalue weighted by atomic mass is 16.3. The average molecular weight is 274 g/mol. The Morgan fingerprint density at radius 2 is 2.10 bits per heavy atom. The molecule has 2 aromatic rings. The minimum Gasteiger partial charge on any atom is -0.468 e. The fourth-order valence-corrected chi connectivity index (χ4v) is 2.41. The summed E-state index contributed by atoms with van der Waals surface area (Å²) in [5, 5.41) is 4.06. The van der Waals surface area contributed by atoms with E-state index in [1.807, 2.05) is 29.3 Å². The van der Waals surface area contributed by atoms with Crippen LogP contribution in [0.4, 0.5) is 0 Å². The summed E-state index contributed by atoms with van der Waals surface area (Å²) < 4.78 is 7.01. The molecule has 20 heavy (non-hydrogen) atoms. The van der Waals surface area contributed by atoms with Crippen LogP contribution in [0.1, 0.15) is 5.76 Å². The molecule has 6 heteroatoms. The molecular weight excluding hydrogens is 256 g/mol. The van der Waals surface area contributed by atoms with E-state index >= 15 is 0 Å². The van der Waals surface area contributed by atoms with Crippen molar-refractivity contribution in [3.8, 4) is 0 Å². The van der Waals surface area contributed by atoms with Gasteiger partial charge in [0.15, 0.2) is 0 Å². The van der Waals surface area contributed by atoms with Gasteiger partial charge in [-0.25, -0.2) is 0 Å². The smallest absolute Gasteiger partial charge is 0.244 e. The van der Waals surface area contributed by atoms with Crippen molar-refractivity contribution in [2.45, 2.75) is 13.1 Å². The van der Waals surface area contributed by atoms with Crippen molar-refractivity contribution < 1.29 is 9.21 Å². The molecule has 3 heterocycles. The zero-order chi connectivity index (χ0) is 13.8. The topological polar surface area (TPSA) is 54.5 Å². The highest BCUT2D eigenvalue weighted by molar-refractivity contribution is 5.76. The van der Waals surface area contributed by atoms with E-state index in [9.17, 15) is 4.79 Å². The summed E-state index contributed by atoms with van der Waals surface area (Å²) >= 11 is 0. The van der Waals surface area contributed by atoms with Crippen molar-refractivity contribution in [1.82, 2.24) is 19.6 Å². The molecule has 0 saturated carbocycles. The van der Waals surface area contributed by atoms with Gasteiger partial charge in [0.05, 0.1) is 12.8 Å². The molecule has 2 aromatic heterocycles. The summed E-state index contributed by atoms with van der Waals surface area (Å²) in [6, 6.07) is 5.71. The van der Waals surface area contributed by atoms with Gasteiger partial charge in [-0.2, -0.15) is 5.10 Å². The average Bonchev–Trinajstić information content (AvgIpc) is 3.13. The second-order valence-electron chi connectivity index (χ2n) is 4.94. The first-order chi connectivity index (χ1) is 9.81. The summed E-state index contributed by atoms with van der Waals surface area (Å²) in [6.07, 6.45) is 5.19. The van der Waals surface area contributed by atoms with Gasteiger partial charge in [0.2, 0.25) is 5.91 Å². The van der Waals surface area contributed by atoms with Gasteiger partial charge in [-0.3, -0.25) is 14.4 Å². The SMILES string of the molecule is O=C(Cn1cccn1)N1CCN(Cc2ccco2)CC1. The third-order valence-electron chi connectivity index (χ3n) is 3.54. The van der Waals surface area contributed by atoms with Crippen LogP contribution < -0.4 is 0 Å². The first kappa shape index (κ1) is 12.9. The van der Waals surface area contributed by atoms with Gasteiger partial charge in [-0.15, -0.1) is 0 Å². The minimum absolute atomic E-state index is 0.131. The molecule has 0 bridgehead atoms. The van der Waals surface area contributed by atoms with Crippen molar-refractivity contribution in [2.24, 2.45) is 0 Å². The Balaban J connectivity index is 1.47. The van der Waals surface area contributed by atoms with E-state index in [0.29, 0.717) is 6.54 Å². The summed E-state index contributed by atoms with van der Waals surface area (Å²) in [4.78, 5) is 16.3. The summed E-state index contributed by atoms with van der Waals surface area (Å²) in [5.41, 5.74) is 0. The number of aromatic nitrogens is 2. The van der Waals surface area contributed by atoms with E-state index in [1.54, 1.807) is 17.1 Å². The Morgan fingerprint density at radius 3 is 2.75 bits per heavy atom. The lowest BCUT2D eigenvalue weighted by Crippen LogP contribution is -2.49. The van der Waals surface area contributed by atoms with Crippen LogP contribution in [-0.2, 0) is 17.9 Å². The fraction of sp³-hybridized carbons (Fsp3) is 0.429.